The van der Waals surface area contributed by atoms with Gasteiger partial charge >= 0.3 is 0 Å². The summed E-state index contributed by atoms with van der Waals surface area (Å²) in [7, 11) is 0. The summed E-state index contributed by atoms with van der Waals surface area (Å²) in [6.07, 6.45) is 2.21. The highest BCUT2D eigenvalue weighted by Crippen LogP contribution is 2.17. The van der Waals surface area contributed by atoms with Gasteiger partial charge in [0.1, 0.15) is 17.7 Å². The van der Waals surface area contributed by atoms with Gasteiger partial charge in [0.2, 0.25) is 0 Å². The molecule has 0 atom stereocenters. The lowest BCUT2D eigenvalue weighted by molar-refractivity contribution is -0.112. The highest BCUT2D eigenvalue weighted by molar-refractivity contribution is 6.07. The normalized spacial score (nSPS) is 10.4. The number of rotatable bonds is 5. The van der Waals surface area contributed by atoms with Crippen molar-refractivity contribution in [3.63, 3.8) is 0 Å². The molecule has 1 amide bonds. The number of carbonyl (C=O) groups excluding carboxylic acids is 1. The predicted octanol–water partition coefficient (Wildman–Crippen LogP) is 3.58. The number of anilines is 2. The van der Waals surface area contributed by atoms with Crippen molar-refractivity contribution in [3.8, 4) is 12.1 Å². The summed E-state index contributed by atoms with van der Waals surface area (Å²) in [4.78, 5) is 12.2. The van der Waals surface area contributed by atoms with Gasteiger partial charge in [0.15, 0.2) is 0 Å². The molecule has 2 aromatic carbocycles. The van der Waals surface area contributed by atoms with E-state index in [1.165, 1.54) is 6.20 Å². The van der Waals surface area contributed by atoms with Crippen molar-refractivity contribution >= 4 is 17.3 Å². The van der Waals surface area contributed by atoms with Crippen LogP contribution in [-0.2, 0) is 11.2 Å². The van der Waals surface area contributed by atoms with Gasteiger partial charge in [0.05, 0.1) is 11.3 Å². The Balaban J connectivity index is 2.17. The van der Waals surface area contributed by atoms with Gasteiger partial charge in [-0.05, 0) is 30.2 Å². The van der Waals surface area contributed by atoms with Crippen LogP contribution in [0, 0.1) is 22.7 Å². The molecule has 0 aliphatic carbocycles. The Hall–Kier alpha value is -3.57. The molecule has 24 heavy (non-hydrogen) atoms. The van der Waals surface area contributed by atoms with Gasteiger partial charge in [-0.1, -0.05) is 37.3 Å². The molecular weight excluding hydrogens is 300 g/mol. The number of aryl methyl sites for hydroxylation is 1. The summed E-state index contributed by atoms with van der Waals surface area (Å²) >= 11 is 0. The van der Waals surface area contributed by atoms with E-state index in [1.807, 2.05) is 43.3 Å². The van der Waals surface area contributed by atoms with Crippen LogP contribution in [0.1, 0.15) is 18.1 Å². The molecule has 0 aliphatic heterocycles. The Morgan fingerprint density at radius 2 is 1.75 bits per heavy atom. The van der Waals surface area contributed by atoms with Crippen molar-refractivity contribution in [3.05, 3.63) is 71.4 Å². The third kappa shape index (κ3) is 4.00. The number of nitriles is 2. The summed E-state index contributed by atoms with van der Waals surface area (Å²) in [5, 5.41) is 23.9. The van der Waals surface area contributed by atoms with Crippen molar-refractivity contribution in [1.29, 1.82) is 10.5 Å². The molecule has 0 bridgehead atoms. The molecule has 0 fully saturated rings. The molecule has 0 saturated heterocycles. The standard InChI is InChI=1S/C19H16N4O/c1-2-14-7-3-5-9-17(14)22-13-16(12-21)19(24)23-18-10-6-4-8-15(18)11-20/h3-10,13,22H,2H2,1H3,(H,23,24)/b16-13-. The quantitative estimate of drug-likeness (QED) is 0.652. The molecule has 0 radical (unpaired) electrons. The molecule has 0 spiro atoms. The molecule has 0 aromatic heterocycles. The highest BCUT2D eigenvalue weighted by atomic mass is 16.1. The summed E-state index contributed by atoms with van der Waals surface area (Å²) < 4.78 is 0. The van der Waals surface area contributed by atoms with Crippen LogP contribution in [0.15, 0.2) is 60.3 Å². The number of hydrogen-bond donors (Lipinski definition) is 2. The molecule has 118 valence electrons. The van der Waals surface area contributed by atoms with Gasteiger partial charge in [0.25, 0.3) is 5.91 Å². The summed E-state index contributed by atoms with van der Waals surface area (Å²) in [6, 6.07) is 18.2. The van der Waals surface area contributed by atoms with Gasteiger partial charge in [-0.25, -0.2) is 0 Å². The van der Waals surface area contributed by atoms with Crippen LogP contribution in [0.2, 0.25) is 0 Å². The zero-order valence-corrected chi connectivity index (χ0v) is 13.2. The minimum absolute atomic E-state index is 0.0753. The fourth-order valence-corrected chi connectivity index (χ4v) is 2.15. The third-order valence-corrected chi connectivity index (χ3v) is 3.43. The lowest BCUT2D eigenvalue weighted by Crippen LogP contribution is -2.15. The fraction of sp³-hybridized carbons (Fsp3) is 0.105. The SMILES string of the molecule is CCc1ccccc1N/C=C(/C#N)C(=O)Nc1ccccc1C#N. The first-order valence-corrected chi connectivity index (χ1v) is 7.44. The van der Waals surface area contributed by atoms with E-state index in [-0.39, 0.29) is 5.57 Å². The van der Waals surface area contributed by atoms with E-state index in [0.717, 1.165) is 17.7 Å². The number of amides is 1. The van der Waals surface area contributed by atoms with Crippen molar-refractivity contribution in [2.45, 2.75) is 13.3 Å². The second-order valence-electron chi connectivity index (χ2n) is 4.94. The minimum atomic E-state index is -0.568. The molecule has 5 heteroatoms. The Bertz CT molecular complexity index is 856. The van der Waals surface area contributed by atoms with E-state index in [4.69, 9.17) is 5.26 Å². The Labute approximate surface area is 140 Å². The maximum Gasteiger partial charge on any atom is 0.267 e. The van der Waals surface area contributed by atoms with Crippen LogP contribution in [-0.4, -0.2) is 5.91 Å². The number of benzene rings is 2. The van der Waals surface area contributed by atoms with Crippen molar-refractivity contribution in [1.82, 2.24) is 0 Å². The van der Waals surface area contributed by atoms with E-state index >= 15 is 0 Å². The van der Waals surface area contributed by atoms with E-state index < -0.39 is 5.91 Å². The summed E-state index contributed by atoms with van der Waals surface area (Å²) in [5.41, 5.74) is 2.57. The average Bonchev–Trinajstić information content (AvgIpc) is 2.63. The Kier molecular flexibility index (Phi) is 5.71. The van der Waals surface area contributed by atoms with Gasteiger partial charge in [-0.15, -0.1) is 0 Å². The number of hydrogen-bond acceptors (Lipinski definition) is 4. The highest BCUT2D eigenvalue weighted by Gasteiger charge is 2.11. The van der Waals surface area contributed by atoms with Gasteiger partial charge in [0, 0.05) is 11.9 Å². The Morgan fingerprint density at radius 3 is 2.42 bits per heavy atom. The molecule has 0 heterocycles. The molecule has 0 aliphatic rings. The van der Waals surface area contributed by atoms with E-state index in [0.29, 0.717) is 11.3 Å². The molecule has 0 unspecified atom stereocenters. The average molecular weight is 316 g/mol. The number of nitrogens with zero attached hydrogens (tertiary/aromatic N) is 2. The smallest absolute Gasteiger partial charge is 0.267 e. The first kappa shape index (κ1) is 16.8. The fourth-order valence-electron chi connectivity index (χ4n) is 2.15. The van der Waals surface area contributed by atoms with Crippen molar-refractivity contribution in [2.24, 2.45) is 0 Å². The molecule has 2 aromatic rings. The van der Waals surface area contributed by atoms with Crippen LogP contribution < -0.4 is 10.6 Å². The monoisotopic (exact) mass is 316 g/mol. The number of para-hydroxylation sites is 2. The van der Waals surface area contributed by atoms with Gasteiger partial charge in [-0.2, -0.15) is 10.5 Å². The second-order valence-corrected chi connectivity index (χ2v) is 4.94. The minimum Gasteiger partial charge on any atom is -0.360 e. The largest absolute Gasteiger partial charge is 0.360 e. The molecule has 0 saturated carbocycles. The van der Waals surface area contributed by atoms with Crippen LogP contribution in [0.3, 0.4) is 0 Å². The van der Waals surface area contributed by atoms with Crippen molar-refractivity contribution < 1.29 is 4.79 Å². The topological polar surface area (TPSA) is 88.7 Å². The van der Waals surface area contributed by atoms with E-state index in [9.17, 15) is 10.1 Å². The van der Waals surface area contributed by atoms with Crippen LogP contribution >= 0.6 is 0 Å². The number of nitrogens with one attached hydrogen (secondary N) is 2. The predicted molar refractivity (Wildman–Crippen MR) is 92.9 cm³/mol. The molecule has 5 nitrogen and oxygen atoms in total. The first-order valence-electron chi connectivity index (χ1n) is 7.44. The Morgan fingerprint density at radius 1 is 1.08 bits per heavy atom. The van der Waals surface area contributed by atoms with Gasteiger partial charge < -0.3 is 10.6 Å². The lowest BCUT2D eigenvalue weighted by atomic mass is 10.1. The maximum atomic E-state index is 12.2. The van der Waals surface area contributed by atoms with E-state index in [1.54, 1.807) is 24.3 Å². The molecule has 2 N–H and O–H groups in total. The first-order chi connectivity index (χ1) is 11.7. The zero-order valence-electron chi connectivity index (χ0n) is 13.2. The lowest BCUT2D eigenvalue weighted by Gasteiger charge is -2.08. The van der Waals surface area contributed by atoms with Gasteiger partial charge in [-0.3, -0.25) is 4.79 Å². The number of carbonyl (C=O) groups is 1. The summed E-state index contributed by atoms with van der Waals surface area (Å²) in [6.45, 7) is 2.03. The summed E-state index contributed by atoms with van der Waals surface area (Å²) in [5.74, 6) is -0.568. The third-order valence-electron chi connectivity index (χ3n) is 3.43. The van der Waals surface area contributed by atoms with E-state index in [2.05, 4.69) is 10.6 Å². The second kappa shape index (κ2) is 8.17. The van der Waals surface area contributed by atoms with Crippen LogP contribution in [0.5, 0.6) is 0 Å². The molecular formula is C19H16N4O. The van der Waals surface area contributed by atoms with Crippen LogP contribution in [0.25, 0.3) is 0 Å². The maximum absolute atomic E-state index is 12.2. The zero-order chi connectivity index (χ0) is 17.4. The van der Waals surface area contributed by atoms with Crippen LogP contribution in [0.4, 0.5) is 11.4 Å². The molecule has 2 rings (SSSR count). The van der Waals surface area contributed by atoms with Crippen molar-refractivity contribution in [2.75, 3.05) is 10.6 Å².